The lowest BCUT2D eigenvalue weighted by molar-refractivity contribution is 0.0951. The van der Waals surface area contributed by atoms with Crippen LogP contribution in [0.3, 0.4) is 0 Å². The standard InChI is InChI=1S/C26H25FN2OS.C2H6/c1-3-31-23-11-8-18(9-12-23)17-28-26(30)20-10-13-25-21(14-20)16-22(29(25)2)15-19-6-4-5-7-24(19)27;1-2/h4-14,16H,3,15,17H2,1-2H3,(H,28,30);1-2H3. The van der Waals surface area contributed by atoms with E-state index < -0.39 is 0 Å². The molecule has 5 heteroatoms. The Balaban J connectivity index is 0.00000149. The van der Waals surface area contributed by atoms with Gasteiger partial charge in [-0.25, -0.2) is 4.39 Å². The van der Waals surface area contributed by atoms with E-state index in [9.17, 15) is 9.18 Å². The van der Waals surface area contributed by atoms with Crippen LogP contribution in [0.2, 0.25) is 0 Å². The Bertz CT molecular complexity index is 1210. The SMILES string of the molecule is CC.CCSc1ccc(CNC(=O)c2ccc3c(c2)cc(Cc2ccccc2F)n3C)cc1. The van der Waals surface area contributed by atoms with Gasteiger partial charge in [-0.15, -0.1) is 11.8 Å². The van der Waals surface area contributed by atoms with Crippen LogP contribution in [-0.2, 0) is 20.0 Å². The summed E-state index contributed by atoms with van der Waals surface area (Å²) in [5.74, 6) is 0.739. The number of hydrogen-bond donors (Lipinski definition) is 1. The van der Waals surface area contributed by atoms with Crippen molar-refractivity contribution in [2.75, 3.05) is 5.75 Å². The van der Waals surface area contributed by atoms with Crippen LogP contribution in [0.15, 0.2) is 77.7 Å². The lowest BCUT2D eigenvalue weighted by atomic mass is 10.1. The van der Waals surface area contributed by atoms with Crippen molar-refractivity contribution in [1.82, 2.24) is 9.88 Å². The maximum Gasteiger partial charge on any atom is 0.251 e. The number of aryl methyl sites for hydroxylation is 1. The number of benzene rings is 3. The molecule has 1 amide bonds. The molecule has 3 aromatic carbocycles. The Kier molecular flexibility index (Phi) is 8.72. The van der Waals surface area contributed by atoms with Crippen LogP contribution in [-0.4, -0.2) is 16.2 Å². The molecule has 1 N–H and O–H groups in total. The molecule has 0 fully saturated rings. The van der Waals surface area contributed by atoms with E-state index in [1.54, 1.807) is 23.9 Å². The minimum Gasteiger partial charge on any atom is -0.348 e. The zero-order valence-corrected chi connectivity index (χ0v) is 20.5. The van der Waals surface area contributed by atoms with Crippen LogP contribution >= 0.6 is 11.8 Å². The van der Waals surface area contributed by atoms with Crippen molar-refractivity contribution >= 4 is 28.6 Å². The van der Waals surface area contributed by atoms with Crippen molar-refractivity contribution in [3.63, 3.8) is 0 Å². The predicted octanol–water partition coefficient (Wildman–Crippen LogP) is 6.98. The van der Waals surface area contributed by atoms with Gasteiger partial charge in [0.2, 0.25) is 0 Å². The number of amides is 1. The second kappa shape index (κ2) is 11.7. The number of carbonyl (C=O) groups excluding carboxylic acids is 1. The fourth-order valence-corrected chi connectivity index (χ4v) is 4.37. The summed E-state index contributed by atoms with van der Waals surface area (Å²) >= 11 is 1.80. The number of rotatable bonds is 7. The zero-order valence-electron chi connectivity index (χ0n) is 19.7. The first kappa shape index (κ1) is 24.6. The first-order chi connectivity index (χ1) is 16.0. The number of nitrogens with zero attached hydrogens (tertiary/aromatic N) is 1. The molecule has 0 aliphatic rings. The summed E-state index contributed by atoms with van der Waals surface area (Å²) in [7, 11) is 1.97. The third kappa shape index (κ3) is 6.05. The van der Waals surface area contributed by atoms with Crippen LogP contribution in [0.1, 0.15) is 48.0 Å². The Morgan fingerprint density at radius 3 is 2.42 bits per heavy atom. The van der Waals surface area contributed by atoms with Gasteiger partial charge < -0.3 is 9.88 Å². The van der Waals surface area contributed by atoms with Crippen LogP contribution < -0.4 is 5.32 Å². The second-order valence-corrected chi connectivity index (χ2v) is 8.83. The maximum atomic E-state index is 14.1. The van der Waals surface area contributed by atoms with Crippen LogP contribution in [0.5, 0.6) is 0 Å². The number of thioether (sulfide) groups is 1. The van der Waals surface area contributed by atoms with Crippen LogP contribution in [0.25, 0.3) is 10.9 Å². The summed E-state index contributed by atoms with van der Waals surface area (Å²) in [5, 5.41) is 3.97. The molecule has 0 bridgehead atoms. The van der Waals surface area contributed by atoms with E-state index in [1.807, 2.05) is 63.4 Å². The summed E-state index contributed by atoms with van der Waals surface area (Å²) in [6.07, 6.45) is 0.506. The highest BCUT2D eigenvalue weighted by molar-refractivity contribution is 7.99. The van der Waals surface area contributed by atoms with Gasteiger partial charge >= 0.3 is 0 Å². The normalized spacial score (nSPS) is 10.6. The lowest BCUT2D eigenvalue weighted by Gasteiger charge is -2.07. The molecule has 0 aliphatic heterocycles. The fraction of sp³-hybridized carbons (Fsp3) is 0.250. The van der Waals surface area contributed by atoms with Gasteiger partial charge in [-0.05, 0) is 59.3 Å². The molecule has 3 nitrogen and oxygen atoms in total. The third-order valence-electron chi connectivity index (χ3n) is 5.42. The van der Waals surface area contributed by atoms with Gasteiger partial charge in [0.05, 0.1) is 0 Å². The summed E-state index contributed by atoms with van der Waals surface area (Å²) in [5.41, 5.74) is 4.37. The van der Waals surface area contributed by atoms with Crippen molar-refractivity contribution in [1.29, 1.82) is 0 Å². The van der Waals surface area contributed by atoms with Gasteiger partial charge in [0.15, 0.2) is 0 Å². The molecule has 4 aromatic rings. The van der Waals surface area contributed by atoms with Crippen molar-refractivity contribution in [3.05, 3.63) is 101 Å². The highest BCUT2D eigenvalue weighted by Crippen LogP contribution is 2.23. The molecule has 4 rings (SSSR count). The second-order valence-electron chi connectivity index (χ2n) is 7.50. The summed E-state index contributed by atoms with van der Waals surface area (Å²) in [4.78, 5) is 13.9. The molecule has 1 aromatic heterocycles. The molecule has 0 unspecified atom stereocenters. The molecule has 0 radical (unpaired) electrons. The van der Waals surface area contributed by atoms with E-state index in [-0.39, 0.29) is 11.7 Å². The number of carbonyl (C=O) groups is 1. The van der Waals surface area contributed by atoms with Crippen molar-refractivity contribution < 1.29 is 9.18 Å². The largest absolute Gasteiger partial charge is 0.348 e. The topological polar surface area (TPSA) is 34.0 Å². The summed E-state index contributed by atoms with van der Waals surface area (Å²) in [6.45, 7) is 6.62. The molecule has 0 aliphatic carbocycles. The van der Waals surface area contributed by atoms with Gasteiger partial charge in [-0.2, -0.15) is 0 Å². The van der Waals surface area contributed by atoms with Crippen LogP contribution in [0.4, 0.5) is 4.39 Å². The number of halogens is 1. The predicted molar refractivity (Wildman–Crippen MR) is 137 cm³/mol. The molecular weight excluding hydrogens is 431 g/mol. The molecule has 0 saturated heterocycles. The van der Waals surface area contributed by atoms with E-state index >= 15 is 0 Å². The quantitative estimate of drug-likeness (QED) is 0.301. The molecule has 0 spiro atoms. The average Bonchev–Trinajstić information content (AvgIpc) is 3.16. The maximum absolute atomic E-state index is 14.1. The van der Waals surface area contributed by atoms with E-state index in [2.05, 4.69) is 28.9 Å². The molecule has 0 saturated carbocycles. The molecule has 33 heavy (non-hydrogen) atoms. The van der Waals surface area contributed by atoms with Crippen molar-refractivity contribution in [2.45, 2.75) is 38.6 Å². The van der Waals surface area contributed by atoms with Gasteiger partial charge in [-0.3, -0.25) is 4.79 Å². The minimum absolute atomic E-state index is 0.103. The summed E-state index contributed by atoms with van der Waals surface area (Å²) in [6, 6.07) is 22.8. The molecular formula is C28H31FN2OS. The Hall–Kier alpha value is -3.05. The highest BCUT2D eigenvalue weighted by atomic mass is 32.2. The first-order valence-electron chi connectivity index (χ1n) is 11.4. The monoisotopic (exact) mass is 462 g/mol. The fourth-order valence-electron chi connectivity index (χ4n) is 3.71. The first-order valence-corrected chi connectivity index (χ1v) is 12.4. The lowest BCUT2D eigenvalue weighted by Crippen LogP contribution is -2.22. The number of hydrogen-bond acceptors (Lipinski definition) is 2. The number of aromatic nitrogens is 1. The molecule has 1 heterocycles. The van der Waals surface area contributed by atoms with E-state index in [0.29, 0.717) is 24.1 Å². The molecule has 172 valence electrons. The highest BCUT2D eigenvalue weighted by Gasteiger charge is 2.12. The zero-order chi connectivity index (χ0) is 23.8. The van der Waals surface area contributed by atoms with Gasteiger partial charge in [0.25, 0.3) is 5.91 Å². The van der Waals surface area contributed by atoms with E-state index in [4.69, 9.17) is 0 Å². The van der Waals surface area contributed by atoms with Crippen LogP contribution in [0, 0.1) is 5.82 Å². The van der Waals surface area contributed by atoms with E-state index in [1.165, 1.54) is 11.0 Å². The van der Waals surface area contributed by atoms with Gasteiger partial charge in [0.1, 0.15) is 5.82 Å². The average molecular weight is 463 g/mol. The third-order valence-corrected chi connectivity index (χ3v) is 6.32. The van der Waals surface area contributed by atoms with Crippen molar-refractivity contribution in [2.24, 2.45) is 7.05 Å². The Morgan fingerprint density at radius 2 is 1.73 bits per heavy atom. The van der Waals surface area contributed by atoms with E-state index in [0.717, 1.165) is 27.9 Å². The summed E-state index contributed by atoms with van der Waals surface area (Å²) < 4.78 is 16.1. The van der Waals surface area contributed by atoms with Crippen molar-refractivity contribution in [3.8, 4) is 0 Å². The number of nitrogens with one attached hydrogen (secondary N) is 1. The number of fused-ring (bicyclic) bond motifs is 1. The van der Waals surface area contributed by atoms with Gasteiger partial charge in [0, 0.05) is 47.1 Å². The minimum atomic E-state index is -0.200. The Morgan fingerprint density at radius 1 is 1.00 bits per heavy atom. The smallest absolute Gasteiger partial charge is 0.251 e. The van der Waals surface area contributed by atoms with Gasteiger partial charge in [-0.1, -0.05) is 51.1 Å². The molecule has 0 atom stereocenters. The Labute approximate surface area is 200 Å².